The maximum atomic E-state index is 13.4. The lowest BCUT2D eigenvalue weighted by atomic mass is 9.78. The van der Waals surface area contributed by atoms with Crippen LogP contribution in [0.2, 0.25) is 0 Å². The molecule has 31 heavy (non-hydrogen) atoms. The van der Waals surface area contributed by atoms with E-state index in [0.29, 0.717) is 12.2 Å². The molecule has 0 radical (unpaired) electrons. The summed E-state index contributed by atoms with van der Waals surface area (Å²) in [6.45, 7) is 0.424. The van der Waals surface area contributed by atoms with Crippen LogP contribution in [0.4, 0.5) is 4.39 Å². The molecule has 0 unspecified atom stereocenters. The van der Waals surface area contributed by atoms with Gasteiger partial charge in [-0.3, -0.25) is 19.1 Å². The molecule has 0 atom stereocenters. The summed E-state index contributed by atoms with van der Waals surface area (Å²) in [4.78, 5) is 44.0. The number of H-pyrrole nitrogens is 1. The van der Waals surface area contributed by atoms with Crippen LogP contribution in [0, 0.1) is 5.82 Å². The van der Waals surface area contributed by atoms with E-state index in [9.17, 15) is 18.8 Å². The minimum Gasteiger partial charge on any atom is -0.351 e. The van der Waals surface area contributed by atoms with Gasteiger partial charge >= 0.3 is 5.69 Å². The van der Waals surface area contributed by atoms with Crippen LogP contribution >= 0.6 is 0 Å². The number of aromatic nitrogens is 3. The van der Waals surface area contributed by atoms with Gasteiger partial charge in [-0.15, -0.1) is 0 Å². The average Bonchev–Trinajstić information content (AvgIpc) is 3.48. The molecule has 1 amide bonds. The van der Waals surface area contributed by atoms with Gasteiger partial charge in [-0.1, -0.05) is 25.0 Å². The highest BCUT2D eigenvalue weighted by atomic mass is 19.1. The summed E-state index contributed by atoms with van der Waals surface area (Å²) >= 11 is 0. The number of rotatable bonds is 5. The van der Waals surface area contributed by atoms with Crippen molar-refractivity contribution in [3.63, 3.8) is 0 Å². The lowest BCUT2D eigenvalue weighted by Gasteiger charge is -2.30. The zero-order chi connectivity index (χ0) is 21.6. The van der Waals surface area contributed by atoms with Crippen LogP contribution in [0.1, 0.15) is 60.5 Å². The molecule has 2 saturated carbocycles. The Morgan fingerprint density at radius 2 is 1.90 bits per heavy atom. The van der Waals surface area contributed by atoms with Crippen molar-refractivity contribution < 1.29 is 9.18 Å². The van der Waals surface area contributed by atoms with Crippen LogP contribution in [0.3, 0.4) is 0 Å². The van der Waals surface area contributed by atoms with Crippen LogP contribution in [0.25, 0.3) is 11.0 Å². The summed E-state index contributed by atoms with van der Waals surface area (Å²) in [5.74, 6) is -0.607. The van der Waals surface area contributed by atoms with Crippen LogP contribution < -0.4 is 16.6 Å². The maximum absolute atomic E-state index is 13.4. The van der Waals surface area contributed by atoms with Gasteiger partial charge < -0.3 is 5.32 Å². The number of aromatic amines is 1. The minimum absolute atomic E-state index is 0.0527. The number of amides is 1. The predicted molar refractivity (Wildman–Crippen MR) is 114 cm³/mol. The summed E-state index contributed by atoms with van der Waals surface area (Å²) in [6, 6.07) is 8.04. The molecule has 3 aromatic rings. The van der Waals surface area contributed by atoms with Crippen LogP contribution in [0.5, 0.6) is 0 Å². The molecule has 1 aromatic carbocycles. The first kappa shape index (κ1) is 19.7. The van der Waals surface area contributed by atoms with Gasteiger partial charge in [0.05, 0.1) is 10.9 Å². The smallest absolute Gasteiger partial charge is 0.330 e. The van der Waals surface area contributed by atoms with Gasteiger partial charge in [0.2, 0.25) is 0 Å². The van der Waals surface area contributed by atoms with Crippen molar-refractivity contribution in [1.82, 2.24) is 19.9 Å². The van der Waals surface area contributed by atoms with E-state index in [1.807, 2.05) is 0 Å². The summed E-state index contributed by atoms with van der Waals surface area (Å²) in [5, 5.41) is 3.22. The van der Waals surface area contributed by atoms with Crippen molar-refractivity contribution in [3.8, 4) is 0 Å². The second kappa shape index (κ2) is 7.44. The topological polar surface area (TPSA) is 96.8 Å². The second-order valence-corrected chi connectivity index (χ2v) is 8.63. The SMILES string of the molecule is O=C(NCC1(c2ccc(F)cc2)CCCC1)c1cnc2c(c1)c(=O)[nH]c(=O)n2C1CC1. The number of nitrogens with zero attached hydrogens (tertiary/aromatic N) is 2. The number of benzene rings is 1. The molecule has 0 aliphatic heterocycles. The number of hydrogen-bond donors (Lipinski definition) is 2. The first-order valence-corrected chi connectivity index (χ1v) is 10.7. The van der Waals surface area contributed by atoms with Crippen LogP contribution in [0.15, 0.2) is 46.1 Å². The molecular weight excluding hydrogens is 399 g/mol. The molecule has 2 aromatic heterocycles. The van der Waals surface area contributed by atoms with E-state index in [-0.39, 0.29) is 34.1 Å². The summed E-state index contributed by atoms with van der Waals surface area (Å²) in [6.07, 6.45) is 7.10. The number of carbonyl (C=O) groups excluding carboxylic acids is 1. The molecule has 2 heterocycles. The molecule has 7 nitrogen and oxygen atoms in total. The largest absolute Gasteiger partial charge is 0.351 e. The van der Waals surface area contributed by atoms with Gasteiger partial charge in [0.1, 0.15) is 11.5 Å². The summed E-state index contributed by atoms with van der Waals surface area (Å²) < 4.78 is 14.9. The minimum atomic E-state index is -0.544. The van der Waals surface area contributed by atoms with Gasteiger partial charge in [0, 0.05) is 24.2 Å². The monoisotopic (exact) mass is 422 g/mol. The predicted octanol–water partition coefficient (Wildman–Crippen LogP) is 2.80. The molecule has 0 spiro atoms. The molecule has 5 rings (SSSR count). The van der Waals surface area contributed by atoms with Gasteiger partial charge in [-0.25, -0.2) is 14.2 Å². The van der Waals surface area contributed by atoms with Crippen molar-refractivity contribution in [2.45, 2.75) is 50.0 Å². The third-order valence-corrected chi connectivity index (χ3v) is 6.56. The maximum Gasteiger partial charge on any atom is 0.330 e. The Morgan fingerprint density at radius 1 is 1.19 bits per heavy atom. The fourth-order valence-electron chi connectivity index (χ4n) is 4.71. The van der Waals surface area contributed by atoms with Crippen LogP contribution in [-0.4, -0.2) is 27.0 Å². The fourth-order valence-corrected chi connectivity index (χ4v) is 4.71. The van der Waals surface area contributed by atoms with Crippen LogP contribution in [-0.2, 0) is 5.41 Å². The zero-order valence-electron chi connectivity index (χ0n) is 17.0. The molecule has 2 N–H and O–H groups in total. The molecule has 0 bridgehead atoms. The van der Waals surface area contributed by atoms with E-state index in [1.54, 1.807) is 12.1 Å². The zero-order valence-corrected chi connectivity index (χ0v) is 17.0. The van der Waals surface area contributed by atoms with Gasteiger partial charge in [0.25, 0.3) is 11.5 Å². The van der Waals surface area contributed by atoms with Gasteiger partial charge in [-0.2, -0.15) is 0 Å². The van der Waals surface area contributed by atoms with Gasteiger partial charge in [0.15, 0.2) is 0 Å². The standard InChI is InChI=1S/C23H23FN4O3/c24-16-5-3-15(4-6-16)23(9-1-2-10-23)13-26-20(29)14-11-18-19(25-12-14)28(17-7-8-17)22(31)27-21(18)30/h3-6,11-12,17H,1-2,7-10,13H2,(H,26,29)(H,27,30,31). The quantitative estimate of drug-likeness (QED) is 0.661. The van der Waals surface area contributed by atoms with Crippen molar-refractivity contribution in [3.05, 3.63) is 74.3 Å². The highest BCUT2D eigenvalue weighted by molar-refractivity contribution is 5.96. The Bertz CT molecular complexity index is 1270. The van der Waals surface area contributed by atoms with Crippen molar-refractivity contribution in [1.29, 1.82) is 0 Å². The summed E-state index contributed by atoms with van der Waals surface area (Å²) in [5.41, 5.74) is 0.369. The Morgan fingerprint density at radius 3 is 2.58 bits per heavy atom. The number of pyridine rings is 1. The fraction of sp³-hybridized carbons (Fsp3) is 0.391. The van der Waals surface area contributed by atoms with Gasteiger partial charge in [-0.05, 0) is 49.4 Å². The van der Waals surface area contributed by atoms with E-state index < -0.39 is 11.2 Å². The van der Waals surface area contributed by atoms with Crippen molar-refractivity contribution in [2.24, 2.45) is 0 Å². The van der Waals surface area contributed by atoms with Crippen molar-refractivity contribution in [2.75, 3.05) is 6.54 Å². The number of carbonyl (C=O) groups is 1. The first-order valence-electron chi connectivity index (χ1n) is 10.7. The Kier molecular flexibility index (Phi) is 4.72. The third-order valence-electron chi connectivity index (χ3n) is 6.56. The Balaban J connectivity index is 1.42. The van der Waals surface area contributed by atoms with Crippen molar-refractivity contribution >= 4 is 16.9 Å². The molecule has 2 aliphatic rings. The molecule has 160 valence electrons. The average molecular weight is 422 g/mol. The van der Waals surface area contributed by atoms with E-state index in [4.69, 9.17) is 0 Å². The number of nitrogens with one attached hydrogen (secondary N) is 2. The summed E-state index contributed by atoms with van der Waals surface area (Å²) in [7, 11) is 0. The number of fused-ring (bicyclic) bond motifs is 1. The Labute approximate surface area is 177 Å². The first-order chi connectivity index (χ1) is 15.0. The molecular formula is C23H23FN4O3. The number of halogens is 1. The normalized spacial score (nSPS) is 17.7. The van der Waals surface area contributed by atoms with E-state index in [2.05, 4.69) is 15.3 Å². The lowest BCUT2D eigenvalue weighted by molar-refractivity contribution is 0.0943. The number of hydrogen-bond acceptors (Lipinski definition) is 4. The lowest BCUT2D eigenvalue weighted by Crippen LogP contribution is -2.39. The van der Waals surface area contributed by atoms with E-state index in [0.717, 1.165) is 44.1 Å². The molecule has 2 aliphatic carbocycles. The molecule has 8 heteroatoms. The second-order valence-electron chi connectivity index (χ2n) is 8.63. The molecule has 2 fully saturated rings. The third kappa shape index (κ3) is 3.56. The molecule has 0 saturated heterocycles. The Hall–Kier alpha value is -3.29. The van der Waals surface area contributed by atoms with E-state index in [1.165, 1.54) is 29.0 Å². The van der Waals surface area contributed by atoms with E-state index >= 15 is 0 Å². The highest BCUT2D eigenvalue weighted by Gasteiger charge is 2.36. The highest BCUT2D eigenvalue weighted by Crippen LogP contribution is 2.40.